The van der Waals surface area contributed by atoms with Crippen molar-refractivity contribution in [2.45, 2.75) is 32.2 Å². The van der Waals surface area contributed by atoms with E-state index in [1.165, 1.54) is 11.1 Å². The Morgan fingerprint density at radius 1 is 1.36 bits per heavy atom. The van der Waals surface area contributed by atoms with Crippen LogP contribution in [0.5, 0.6) is 0 Å². The molecule has 1 fully saturated rings. The third kappa shape index (κ3) is 2.04. The minimum Gasteiger partial charge on any atom is -0.310 e. The Balaban J connectivity index is 1.71. The lowest BCUT2D eigenvalue weighted by molar-refractivity contribution is -0.120. The van der Waals surface area contributed by atoms with Gasteiger partial charge in [-0.1, -0.05) is 12.1 Å². The van der Waals surface area contributed by atoms with Crippen molar-refractivity contribution >= 4 is 11.6 Å². The Bertz CT molecular complexity index is 715. The Kier molecular flexibility index (Phi) is 3.22. The van der Waals surface area contributed by atoms with Crippen LogP contribution in [0.1, 0.15) is 24.1 Å². The molecule has 2 aromatic rings. The molecule has 1 aromatic carbocycles. The number of carbonyl (C=O) groups is 1. The van der Waals surface area contributed by atoms with Crippen molar-refractivity contribution in [1.82, 2.24) is 15.5 Å². The molecular formula is C17H20N4O. The van der Waals surface area contributed by atoms with Crippen molar-refractivity contribution in [1.29, 1.82) is 0 Å². The van der Waals surface area contributed by atoms with Crippen LogP contribution in [-0.4, -0.2) is 35.2 Å². The van der Waals surface area contributed by atoms with Crippen LogP contribution in [0.25, 0.3) is 11.1 Å². The number of hydrogen-bond acceptors (Lipinski definition) is 3. The molecule has 22 heavy (non-hydrogen) atoms. The summed E-state index contributed by atoms with van der Waals surface area (Å²) in [4.78, 5) is 14.7. The predicted octanol–water partition coefficient (Wildman–Crippen LogP) is 2.03. The highest BCUT2D eigenvalue weighted by molar-refractivity contribution is 6.00. The zero-order valence-corrected chi connectivity index (χ0v) is 12.7. The van der Waals surface area contributed by atoms with Crippen molar-refractivity contribution in [2.75, 3.05) is 18.0 Å². The normalized spacial score (nSPS) is 20.4. The molecule has 0 radical (unpaired) electrons. The Labute approximate surface area is 129 Å². The van der Waals surface area contributed by atoms with Gasteiger partial charge in [0, 0.05) is 23.5 Å². The molecule has 0 aliphatic carbocycles. The third-order valence-corrected chi connectivity index (χ3v) is 4.77. The van der Waals surface area contributed by atoms with Gasteiger partial charge in [-0.2, -0.15) is 5.10 Å². The molecule has 2 aliphatic heterocycles. The summed E-state index contributed by atoms with van der Waals surface area (Å²) in [6, 6.07) is 6.21. The molecule has 1 atom stereocenters. The van der Waals surface area contributed by atoms with Crippen LogP contribution in [0.2, 0.25) is 0 Å². The van der Waals surface area contributed by atoms with E-state index >= 15 is 0 Å². The molecular weight excluding hydrogens is 276 g/mol. The summed E-state index contributed by atoms with van der Waals surface area (Å²) in [5.74, 6) is 0.220. The van der Waals surface area contributed by atoms with Crippen molar-refractivity contribution in [3.63, 3.8) is 0 Å². The summed E-state index contributed by atoms with van der Waals surface area (Å²) in [5, 5.41) is 10.4. The fourth-order valence-electron chi connectivity index (χ4n) is 3.62. The van der Waals surface area contributed by atoms with Crippen LogP contribution in [0.4, 0.5) is 5.69 Å². The summed E-state index contributed by atoms with van der Waals surface area (Å²) in [7, 11) is 0. The SMILES string of the molecule is Cc1[nH]ncc1-c1cccc2c1CCN2C(=O)[C@@H]1CCCN1. The van der Waals surface area contributed by atoms with Crippen molar-refractivity contribution in [2.24, 2.45) is 0 Å². The molecule has 1 saturated heterocycles. The highest BCUT2D eigenvalue weighted by Gasteiger charge is 2.32. The number of carbonyl (C=O) groups excluding carboxylic acids is 1. The van der Waals surface area contributed by atoms with E-state index < -0.39 is 0 Å². The first-order valence-electron chi connectivity index (χ1n) is 7.92. The summed E-state index contributed by atoms with van der Waals surface area (Å²) < 4.78 is 0. The van der Waals surface area contributed by atoms with Gasteiger partial charge in [-0.3, -0.25) is 9.89 Å². The zero-order valence-electron chi connectivity index (χ0n) is 12.7. The van der Waals surface area contributed by atoms with E-state index in [1.54, 1.807) is 0 Å². The number of amides is 1. The Morgan fingerprint density at radius 3 is 3.00 bits per heavy atom. The number of rotatable bonds is 2. The first kappa shape index (κ1) is 13.5. The van der Waals surface area contributed by atoms with Gasteiger partial charge in [0.2, 0.25) is 5.91 Å². The predicted molar refractivity (Wildman–Crippen MR) is 85.8 cm³/mol. The van der Waals surface area contributed by atoms with Gasteiger partial charge in [0.1, 0.15) is 0 Å². The van der Waals surface area contributed by atoms with Gasteiger partial charge in [-0.05, 0) is 49.9 Å². The second kappa shape index (κ2) is 5.25. The number of nitrogens with zero attached hydrogens (tertiary/aromatic N) is 2. The molecule has 1 aromatic heterocycles. The van der Waals surface area contributed by atoms with Gasteiger partial charge in [0.15, 0.2) is 0 Å². The number of anilines is 1. The fraction of sp³-hybridized carbons (Fsp3) is 0.412. The lowest BCUT2D eigenvalue weighted by Gasteiger charge is -2.21. The molecule has 0 spiro atoms. The molecule has 5 heteroatoms. The molecule has 2 N–H and O–H groups in total. The summed E-state index contributed by atoms with van der Waals surface area (Å²) >= 11 is 0. The molecule has 5 nitrogen and oxygen atoms in total. The van der Waals surface area contributed by atoms with Gasteiger partial charge >= 0.3 is 0 Å². The molecule has 4 rings (SSSR count). The summed E-state index contributed by atoms with van der Waals surface area (Å²) in [6.45, 7) is 3.76. The Hall–Kier alpha value is -2.14. The highest BCUT2D eigenvalue weighted by atomic mass is 16.2. The van der Waals surface area contributed by atoms with Crippen LogP contribution < -0.4 is 10.2 Å². The quantitative estimate of drug-likeness (QED) is 0.891. The maximum atomic E-state index is 12.7. The number of hydrogen-bond donors (Lipinski definition) is 2. The van der Waals surface area contributed by atoms with E-state index in [4.69, 9.17) is 0 Å². The van der Waals surface area contributed by atoms with Crippen molar-refractivity contribution in [3.8, 4) is 11.1 Å². The standard InChI is InChI=1S/C17H20N4O/c1-11-14(10-19-20-11)12-4-2-6-16-13(12)7-9-21(16)17(22)15-5-3-8-18-15/h2,4,6,10,15,18H,3,5,7-9H2,1H3,(H,19,20)/t15-/m0/s1. The minimum absolute atomic E-state index is 0.00901. The van der Waals surface area contributed by atoms with Gasteiger partial charge in [0.05, 0.1) is 12.2 Å². The summed E-state index contributed by atoms with van der Waals surface area (Å²) in [5.41, 5.74) is 5.72. The molecule has 0 saturated carbocycles. The number of aromatic nitrogens is 2. The lowest BCUT2D eigenvalue weighted by Crippen LogP contribution is -2.42. The van der Waals surface area contributed by atoms with E-state index in [0.717, 1.165) is 49.3 Å². The largest absolute Gasteiger partial charge is 0.310 e. The number of aryl methyl sites for hydroxylation is 1. The fourth-order valence-corrected chi connectivity index (χ4v) is 3.62. The van der Waals surface area contributed by atoms with E-state index in [1.807, 2.05) is 24.1 Å². The molecule has 1 amide bonds. The molecule has 2 aliphatic rings. The van der Waals surface area contributed by atoms with Crippen molar-refractivity contribution < 1.29 is 4.79 Å². The van der Waals surface area contributed by atoms with E-state index in [0.29, 0.717) is 0 Å². The van der Waals surface area contributed by atoms with Crippen LogP contribution in [0.3, 0.4) is 0 Å². The second-order valence-electron chi connectivity index (χ2n) is 6.10. The number of nitrogens with one attached hydrogen (secondary N) is 2. The molecule has 0 unspecified atom stereocenters. The number of fused-ring (bicyclic) bond motifs is 1. The third-order valence-electron chi connectivity index (χ3n) is 4.77. The van der Waals surface area contributed by atoms with Crippen LogP contribution in [0, 0.1) is 6.92 Å². The van der Waals surface area contributed by atoms with Gasteiger partial charge in [-0.25, -0.2) is 0 Å². The van der Waals surface area contributed by atoms with E-state index in [9.17, 15) is 4.79 Å². The average Bonchev–Trinajstić information content (AvgIpc) is 3.26. The van der Waals surface area contributed by atoms with E-state index in [2.05, 4.69) is 27.6 Å². The average molecular weight is 296 g/mol. The second-order valence-corrected chi connectivity index (χ2v) is 6.10. The number of H-pyrrole nitrogens is 1. The maximum absolute atomic E-state index is 12.7. The van der Waals surface area contributed by atoms with Gasteiger partial charge in [-0.15, -0.1) is 0 Å². The minimum atomic E-state index is -0.00901. The Morgan fingerprint density at radius 2 is 2.27 bits per heavy atom. The van der Waals surface area contributed by atoms with Crippen LogP contribution in [-0.2, 0) is 11.2 Å². The molecule has 0 bridgehead atoms. The molecule has 114 valence electrons. The topological polar surface area (TPSA) is 61.0 Å². The van der Waals surface area contributed by atoms with Crippen LogP contribution >= 0.6 is 0 Å². The van der Waals surface area contributed by atoms with E-state index in [-0.39, 0.29) is 11.9 Å². The zero-order chi connectivity index (χ0) is 15.1. The maximum Gasteiger partial charge on any atom is 0.244 e. The van der Waals surface area contributed by atoms with Crippen LogP contribution in [0.15, 0.2) is 24.4 Å². The lowest BCUT2D eigenvalue weighted by atomic mass is 9.98. The smallest absolute Gasteiger partial charge is 0.244 e. The first-order chi connectivity index (χ1) is 10.8. The highest BCUT2D eigenvalue weighted by Crippen LogP contribution is 2.37. The van der Waals surface area contributed by atoms with Crippen molar-refractivity contribution in [3.05, 3.63) is 35.7 Å². The summed E-state index contributed by atoms with van der Waals surface area (Å²) in [6.07, 6.45) is 4.82. The number of aromatic amines is 1. The molecule has 3 heterocycles. The first-order valence-corrected chi connectivity index (χ1v) is 7.92. The number of benzene rings is 1. The monoisotopic (exact) mass is 296 g/mol. The van der Waals surface area contributed by atoms with Gasteiger partial charge in [0.25, 0.3) is 0 Å². The van der Waals surface area contributed by atoms with Gasteiger partial charge < -0.3 is 10.2 Å².